The molecule has 0 spiro atoms. The molecule has 0 radical (unpaired) electrons. The van der Waals surface area contributed by atoms with Gasteiger partial charge in [-0.25, -0.2) is 0 Å². The lowest BCUT2D eigenvalue weighted by molar-refractivity contribution is -0.00390. The Morgan fingerprint density at radius 2 is 2.00 bits per heavy atom. The monoisotopic (exact) mass is 100 g/mol. The molecule has 0 bridgehead atoms. The van der Waals surface area contributed by atoms with E-state index in [-0.39, 0.29) is 0 Å². The third-order valence-corrected chi connectivity index (χ3v) is 1.33. The molecule has 0 aromatic carbocycles. The number of nitrogens with zero attached hydrogens (tertiary/aromatic N) is 2. The zero-order chi connectivity index (χ0) is 5.28. The van der Waals surface area contributed by atoms with Gasteiger partial charge in [0.05, 0.1) is 13.3 Å². The molecule has 2 nitrogen and oxygen atoms in total. The van der Waals surface area contributed by atoms with Crippen LogP contribution in [0.2, 0.25) is 0 Å². The summed E-state index contributed by atoms with van der Waals surface area (Å²) in [7, 11) is 2.13. The van der Waals surface area contributed by atoms with Gasteiger partial charge in [-0.05, 0) is 13.6 Å². The minimum Gasteiger partial charge on any atom is -0.280 e. The Morgan fingerprint density at radius 3 is 2.14 bits per heavy atom. The molecule has 42 valence electrons. The molecular formula is C5H12N2. The molecule has 1 rings (SSSR count). The van der Waals surface area contributed by atoms with Gasteiger partial charge in [0.2, 0.25) is 0 Å². The summed E-state index contributed by atoms with van der Waals surface area (Å²) in [4.78, 5) is 4.66. The van der Waals surface area contributed by atoms with Crippen molar-refractivity contribution < 1.29 is 0 Å². The normalized spacial score (nSPS) is 24.9. The fourth-order valence-electron chi connectivity index (χ4n) is 0.841. The molecule has 0 aromatic heterocycles. The van der Waals surface area contributed by atoms with Crippen LogP contribution in [0, 0.1) is 0 Å². The molecule has 2 heteroatoms. The zero-order valence-electron chi connectivity index (χ0n) is 5.02. The van der Waals surface area contributed by atoms with Gasteiger partial charge >= 0.3 is 0 Å². The molecule has 0 saturated carbocycles. The highest BCUT2D eigenvalue weighted by atomic mass is 15.5. The van der Waals surface area contributed by atoms with E-state index in [1.54, 1.807) is 0 Å². The van der Waals surface area contributed by atoms with E-state index in [1.807, 2.05) is 0 Å². The molecule has 1 heterocycles. The molecule has 0 aliphatic carbocycles. The lowest BCUT2D eigenvalue weighted by atomic mass is 10.5. The Kier molecular flexibility index (Phi) is 1.30. The van der Waals surface area contributed by atoms with E-state index in [4.69, 9.17) is 0 Å². The predicted octanol–water partition coefficient (Wildman–Crippen LogP) is 0.169. The summed E-state index contributed by atoms with van der Waals surface area (Å²) in [6.45, 7) is 5.71. The largest absolute Gasteiger partial charge is 0.280 e. The summed E-state index contributed by atoms with van der Waals surface area (Å²) in [5.41, 5.74) is 0. The highest BCUT2D eigenvalue weighted by molar-refractivity contribution is 4.62. The lowest BCUT2D eigenvalue weighted by Crippen LogP contribution is -2.52. The fraction of sp³-hybridized carbons (Fsp3) is 1.00. The van der Waals surface area contributed by atoms with Crippen LogP contribution in [0.1, 0.15) is 6.92 Å². The first-order valence-electron chi connectivity index (χ1n) is 2.74. The van der Waals surface area contributed by atoms with Gasteiger partial charge in [0.1, 0.15) is 0 Å². The van der Waals surface area contributed by atoms with Crippen molar-refractivity contribution in [2.75, 3.05) is 26.9 Å². The second kappa shape index (κ2) is 1.80. The molecular weight excluding hydrogens is 88.1 g/mol. The minimum atomic E-state index is 1.16. The summed E-state index contributed by atoms with van der Waals surface area (Å²) in [6.07, 6.45) is 0. The van der Waals surface area contributed by atoms with Gasteiger partial charge in [-0.2, -0.15) is 0 Å². The highest BCUT2D eigenvalue weighted by Gasteiger charge is 2.16. The Morgan fingerprint density at radius 1 is 1.43 bits per heavy atom. The van der Waals surface area contributed by atoms with Crippen molar-refractivity contribution in [3.8, 4) is 0 Å². The Labute approximate surface area is 44.7 Å². The molecule has 0 aromatic rings. The van der Waals surface area contributed by atoms with Crippen LogP contribution in [0.15, 0.2) is 0 Å². The van der Waals surface area contributed by atoms with E-state index in [0.29, 0.717) is 0 Å². The maximum absolute atomic E-state index is 2.38. The smallest absolute Gasteiger partial charge is 0.0526 e. The Bertz CT molecular complexity index is 57.1. The van der Waals surface area contributed by atoms with Crippen LogP contribution >= 0.6 is 0 Å². The Hall–Kier alpha value is -0.0800. The second-order valence-electron chi connectivity index (χ2n) is 2.13. The van der Waals surface area contributed by atoms with Crippen LogP contribution in [0.3, 0.4) is 0 Å². The number of hydrogen-bond donors (Lipinski definition) is 0. The van der Waals surface area contributed by atoms with Crippen molar-refractivity contribution in [3.63, 3.8) is 0 Å². The van der Waals surface area contributed by atoms with Gasteiger partial charge in [0.25, 0.3) is 0 Å². The van der Waals surface area contributed by atoms with Crippen LogP contribution in [0.5, 0.6) is 0 Å². The minimum absolute atomic E-state index is 1.16. The van der Waals surface area contributed by atoms with Crippen LogP contribution in [0.25, 0.3) is 0 Å². The summed E-state index contributed by atoms with van der Waals surface area (Å²) in [5, 5.41) is 0. The summed E-state index contributed by atoms with van der Waals surface area (Å²) in [5.74, 6) is 0. The van der Waals surface area contributed by atoms with Crippen LogP contribution in [-0.4, -0.2) is 36.7 Å². The van der Waals surface area contributed by atoms with Crippen molar-refractivity contribution in [3.05, 3.63) is 0 Å². The van der Waals surface area contributed by atoms with E-state index >= 15 is 0 Å². The van der Waals surface area contributed by atoms with Crippen LogP contribution < -0.4 is 0 Å². The quantitative estimate of drug-likeness (QED) is 0.463. The molecule has 0 amide bonds. The molecule has 1 aliphatic rings. The third kappa shape index (κ3) is 0.924. The zero-order valence-corrected chi connectivity index (χ0v) is 5.02. The van der Waals surface area contributed by atoms with Crippen LogP contribution in [0.4, 0.5) is 0 Å². The van der Waals surface area contributed by atoms with Gasteiger partial charge in [-0.1, -0.05) is 6.92 Å². The van der Waals surface area contributed by atoms with Gasteiger partial charge in [-0.3, -0.25) is 9.80 Å². The van der Waals surface area contributed by atoms with Crippen molar-refractivity contribution in [2.24, 2.45) is 0 Å². The lowest BCUT2D eigenvalue weighted by Gasteiger charge is -2.39. The predicted molar refractivity (Wildman–Crippen MR) is 29.9 cm³/mol. The van der Waals surface area contributed by atoms with E-state index in [1.165, 1.54) is 6.54 Å². The van der Waals surface area contributed by atoms with Gasteiger partial charge in [0, 0.05) is 0 Å². The average molecular weight is 100 g/mol. The maximum atomic E-state index is 2.38. The first-order chi connectivity index (χ1) is 3.33. The van der Waals surface area contributed by atoms with E-state index in [2.05, 4.69) is 23.8 Å². The van der Waals surface area contributed by atoms with Gasteiger partial charge < -0.3 is 0 Å². The molecule has 0 N–H and O–H groups in total. The standard InChI is InChI=1S/C5H12N2/c1-3-7-4-6(2)5-7/h3-5H2,1-2H3. The fourth-order valence-corrected chi connectivity index (χ4v) is 0.841. The maximum Gasteiger partial charge on any atom is 0.0526 e. The summed E-state index contributed by atoms with van der Waals surface area (Å²) < 4.78 is 0. The molecule has 1 fully saturated rings. The first-order valence-corrected chi connectivity index (χ1v) is 2.74. The average Bonchev–Trinajstić information content (AvgIpc) is 1.58. The van der Waals surface area contributed by atoms with Crippen molar-refractivity contribution >= 4 is 0 Å². The van der Waals surface area contributed by atoms with E-state index in [9.17, 15) is 0 Å². The number of hydrogen-bond acceptors (Lipinski definition) is 2. The summed E-state index contributed by atoms with van der Waals surface area (Å²) >= 11 is 0. The van der Waals surface area contributed by atoms with Crippen molar-refractivity contribution in [1.29, 1.82) is 0 Å². The van der Waals surface area contributed by atoms with Gasteiger partial charge in [-0.15, -0.1) is 0 Å². The van der Waals surface area contributed by atoms with Crippen LogP contribution in [-0.2, 0) is 0 Å². The highest BCUT2D eigenvalue weighted by Crippen LogP contribution is 2.02. The summed E-state index contributed by atoms with van der Waals surface area (Å²) in [6, 6.07) is 0. The molecule has 1 saturated heterocycles. The molecule has 0 unspecified atom stereocenters. The molecule has 0 atom stereocenters. The first kappa shape index (κ1) is 5.06. The van der Waals surface area contributed by atoms with Crippen molar-refractivity contribution in [1.82, 2.24) is 9.80 Å². The third-order valence-electron chi connectivity index (χ3n) is 1.33. The molecule has 1 aliphatic heterocycles. The second-order valence-corrected chi connectivity index (χ2v) is 2.13. The SMILES string of the molecule is CCN1CN(C)C1. The van der Waals surface area contributed by atoms with Crippen molar-refractivity contribution in [2.45, 2.75) is 6.92 Å². The number of rotatable bonds is 1. The Balaban J connectivity index is 2.06. The van der Waals surface area contributed by atoms with Gasteiger partial charge in [0.15, 0.2) is 0 Å². The van der Waals surface area contributed by atoms with E-state index < -0.39 is 0 Å². The topological polar surface area (TPSA) is 6.48 Å². The van der Waals surface area contributed by atoms with E-state index in [0.717, 1.165) is 13.3 Å². The molecule has 7 heavy (non-hydrogen) atoms.